The third-order valence-electron chi connectivity index (χ3n) is 3.33. The van der Waals surface area contributed by atoms with Crippen LogP contribution in [0.15, 0.2) is 35.7 Å². The van der Waals surface area contributed by atoms with Gasteiger partial charge in [0.25, 0.3) is 0 Å². The van der Waals surface area contributed by atoms with E-state index < -0.39 is 0 Å². The number of hydrogen-bond donors (Lipinski definition) is 1. The molecule has 1 aromatic heterocycles. The lowest BCUT2D eigenvalue weighted by Gasteiger charge is -2.16. The van der Waals surface area contributed by atoms with Crippen molar-refractivity contribution < 1.29 is 14.3 Å². The molecule has 1 heterocycles. The van der Waals surface area contributed by atoms with Gasteiger partial charge in [-0.3, -0.25) is 9.59 Å². The number of rotatable bonds is 8. The van der Waals surface area contributed by atoms with Gasteiger partial charge in [0.15, 0.2) is 0 Å². The SMILES string of the molecule is COC(=O)CC(NC(=O)CSCc1ccc(Cl)cc1Cl)c1cccs1. The molecule has 1 amide bonds. The van der Waals surface area contributed by atoms with Crippen LogP contribution in [0.1, 0.15) is 22.9 Å². The lowest BCUT2D eigenvalue weighted by molar-refractivity contribution is -0.141. The van der Waals surface area contributed by atoms with Crippen molar-refractivity contribution >= 4 is 58.2 Å². The normalized spacial score (nSPS) is 11.8. The maximum absolute atomic E-state index is 12.2. The van der Waals surface area contributed by atoms with Crippen LogP contribution in [0.2, 0.25) is 10.0 Å². The van der Waals surface area contributed by atoms with Gasteiger partial charge in [-0.25, -0.2) is 0 Å². The number of hydrogen-bond acceptors (Lipinski definition) is 5. The molecular weight excluding hydrogens is 401 g/mol. The first-order valence-electron chi connectivity index (χ1n) is 7.41. The van der Waals surface area contributed by atoms with Crippen molar-refractivity contribution in [3.8, 4) is 0 Å². The Labute approximate surface area is 164 Å². The second kappa shape index (κ2) is 10.1. The molecular formula is C17H17Cl2NO3S2. The Balaban J connectivity index is 1.87. The molecule has 1 aromatic carbocycles. The molecule has 2 rings (SSSR count). The fraction of sp³-hybridized carbons (Fsp3) is 0.294. The number of esters is 1. The van der Waals surface area contributed by atoms with Gasteiger partial charge in [0, 0.05) is 20.7 Å². The molecule has 1 unspecified atom stereocenters. The molecule has 0 aliphatic rings. The number of nitrogens with one attached hydrogen (secondary N) is 1. The van der Waals surface area contributed by atoms with Crippen LogP contribution in [0, 0.1) is 0 Å². The highest BCUT2D eigenvalue weighted by molar-refractivity contribution is 7.99. The molecule has 0 spiro atoms. The minimum Gasteiger partial charge on any atom is -0.469 e. The summed E-state index contributed by atoms with van der Waals surface area (Å²) in [5.41, 5.74) is 0.924. The summed E-state index contributed by atoms with van der Waals surface area (Å²) in [6.07, 6.45) is 0.108. The van der Waals surface area contributed by atoms with Crippen LogP contribution in [-0.4, -0.2) is 24.7 Å². The van der Waals surface area contributed by atoms with E-state index in [-0.39, 0.29) is 30.1 Å². The molecule has 0 radical (unpaired) electrons. The molecule has 0 aliphatic carbocycles. The molecule has 0 saturated heterocycles. The Bertz CT molecular complexity index is 723. The second-order valence-electron chi connectivity index (χ2n) is 5.14. The highest BCUT2D eigenvalue weighted by Crippen LogP contribution is 2.25. The number of thiophene rings is 1. The van der Waals surface area contributed by atoms with Crippen LogP contribution in [0.3, 0.4) is 0 Å². The van der Waals surface area contributed by atoms with E-state index in [1.165, 1.54) is 30.2 Å². The van der Waals surface area contributed by atoms with Crippen LogP contribution < -0.4 is 5.32 Å². The van der Waals surface area contributed by atoms with E-state index >= 15 is 0 Å². The van der Waals surface area contributed by atoms with Crippen LogP contribution in [0.25, 0.3) is 0 Å². The second-order valence-corrected chi connectivity index (χ2v) is 7.95. The Morgan fingerprint density at radius 2 is 2.12 bits per heavy atom. The smallest absolute Gasteiger partial charge is 0.307 e. The zero-order valence-electron chi connectivity index (χ0n) is 13.5. The fourth-order valence-corrected chi connectivity index (χ4v) is 4.27. The molecule has 134 valence electrons. The van der Waals surface area contributed by atoms with E-state index in [0.717, 1.165) is 10.4 Å². The van der Waals surface area contributed by atoms with Crippen molar-refractivity contribution in [1.29, 1.82) is 0 Å². The number of carbonyl (C=O) groups excluding carboxylic acids is 2. The lowest BCUT2D eigenvalue weighted by atomic mass is 10.1. The fourth-order valence-electron chi connectivity index (χ4n) is 2.09. The first kappa shape index (κ1) is 20.1. The van der Waals surface area contributed by atoms with Crippen LogP contribution in [-0.2, 0) is 20.1 Å². The van der Waals surface area contributed by atoms with Gasteiger partial charge in [-0.15, -0.1) is 23.1 Å². The zero-order chi connectivity index (χ0) is 18.2. The Morgan fingerprint density at radius 1 is 1.32 bits per heavy atom. The predicted molar refractivity (Wildman–Crippen MR) is 104 cm³/mol. The third kappa shape index (κ3) is 6.55. The van der Waals surface area contributed by atoms with Crippen LogP contribution in [0.4, 0.5) is 0 Å². The molecule has 0 aliphatic heterocycles. The molecule has 4 nitrogen and oxygen atoms in total. The van der Waals surface area contributed by atoms with Crippen molar-refractivity contribution in [2.24, 2.45) is 0 Å². The van der Waals surface area contributed by atoms with Gasteiger partial charge in [-0.05, 0) is 29.1 Å². The monoisotopic (exact) mass is 417 g/mol. The first-order chi connectivity index (χ1) is 12.0. The molecule has 8 heteroatoms. The summed E-state index contributed by atoms with van der Waals surface area (Å²) >= 11 is 14.9. The average molecular weight is 418 g/mol. The Kier molecular flexibility index (Phi) is 8.09. The quantitative estimate of drug-likeness (QED) is 0.631. The molecule has 1 atom stereocenters. The Hall–Kier alpha value is -1.21. The summed E-state index contributed by atoms with van der Waals surface area (Å²) in [4.78, 5) is 24.7. The van der Waals surface area contributed by atoms with E-state index in [2.05, 4.69) is 5.32 Å². The molecule has 25 heavy (non-hydrogen) atoms. The van der Waals surface area contributed by atoms with Gasteiger partial charge < -0.3 is 10.1 Å². The summed E-state index contributed by atoms with van der Waals surface area (Å²) in [5.74, 6) is 0.364. The summed E-state index contributed by atoms with van der Waals surface area (Å²) in [5, 5.41) is 5.96. The van der Waals surface area contributed by atoms with Gasteiger partial charge in [0.2, 0.25) is 5.91 Å². The van der Waals surface area contributed by atoms with Crippen molar-refractivity contribution in [3.63, 3.8) is 0 Å². The van der Waals surface area contributed by atoms with Crippen molar-refractivity contribution in [2.45, 2.75) is 18.2 Å². The third-order valence-corrected chi connectivity index (χ3v) is 5.88. The van der Waals surface area contributed by atoms with Crippen molar-refractivity contribution in [3.05, 3.63) is 56.2 Å². The lowest BCUT2D eigenvalue weighted by Crippen LogP contribution is -2.31. The van der Waals surface area contributed by atoms with Gasteiger partial charge in [-0.2, -0.15) is 0 Å². The number of methoxy groups -OCH3 is 1. The van der Waals surface area contributed by atoms with Crippen LogP contribution in [0.5, 0.6) is 0 Å². The topological polar surface area (TPSA) is 55.4 Å². The largest absolute Gasteiger partial charge is 0.469 e. The highest BCUT2D eigenvalue weighted by atomic mass is 35.5. The number of halogens is 2. The van der Waals surface area contributed by atoms with E-state index in [4.69, 9.17) is 27.9 Å². The average Bonchev–Trinajstić information content (AvgIpc) is 3.10. The molecule has 2 aromatic rings. The Morgan fingerprint density at radius 3 is 2.76 bits per heavy atom. The van der Waals surface area contributed by atoms with E-state index in [1.54, 1.807) is 12.1 Å². The maximum atomic E-state index is 12.2. The molecule has 1 N–H and O–H groups in total. The maximum Gasteiger partial charge on any atom is 0.307 e. The number of carbonyl (C=O) groups is 2. The minimum absolute atomic E-state index is 0.108. The molecule has 0 saturated carbocycles. The van der Waals surface area contributed by atoms with E-state index in [1.807, 2.05) is 23.6 Å². The number of benzene rings is 1. The number of amides is 1. The van der Waals surface area contributed by atoms with Gasteiger partial charge in [-0.1, -0.05) is 35.3 Å². The zero-order valence-corrected chi connectivity index (χ0v) is 16.6. The van der Waals surface area contributed by atoms with Crippen LogP contribution >= 0.6 is 46.3 Å². The summed E-state index contributed by atoms with van der Waals surface area (Å²) in [6.45, 7) is 0. The van der Waals surface area contributed by atoms with Gasteiger partial charge >= 0.3 is 5.97 Å². The van der Waals surface area contributed by atoms with E-state index in [0.29, 0.717) is 15.8 Å². The standard InChI is InChI=1S/C17H17Cl2NO3S2/c1-23-17(22)8-14(15-3-2-6-25-15)20-16(21)10-24-9-11-4-5-12(18)7-13(11)19/h2-7,14H,8-10H2,1H3,(H,20,21). The van der Waals surface area contributed by atoms with E-state index in [9.17, 15) is 9.59 Å². The molecule has 0 fully saturated rings. The predicted octanol–water partition coefficient (Wildman–Crippen LogP) is 4.71. The number of thioether (sulfide) groups is 1. The summed E-state index contributed by atoms with van der Waals surface area (Å²) < 4.78 is 4.71. The first-order valence-corrected chi connectivity index (χ1v) is 10.2. The summed E-state index contributed by atoms with van der Waals surface area (Å²) in [6, 6.07) is 8.70. The van der Waals surface area contributed by atoms with Crippen molar-refractivity contribution in [1.82, 2.24) is 5.32 Å². The highest BCUT2D eigenvalue weighted by Gasteiger charge is 2.19. The minimum atomic E-state index is -0.375. The van der Waals surface area contributed by atoms with Gasteiger partial charge in [0.1, 0.15) is 0 Å². The summed E-state index contributed by atoms with van der Waals surface area (Å²) in [7, 11) is 1.33. The van der Waals surface area contributed by atoms with Gasteiger partial charge in [0.05, 0.1) is 25.3 Å². The van der Waals surface area contributed by atoms with Crippen molar-refractivity contribution in [2.75, 3.05) is 12.9 Å². The number of ether oxygens (including phenoxy) is 1. The molecule has 0 bridgehead atoms.